The SMILES string of the molecule is O=[C]OCCC=Cc1ccccc1C(F)(F)F. The van der Waals surface area contributed by atoms with Gasteiger partial charge in [-0.15, -0.1) is 0 Å². The lowest BCUT2D eigenvalue weighted by molar-refractivity contribution is -0.137. The fourth-order valence-electron chi connectivity index (χ4n) is 1.28. The normalized spacial score (nSPS) is 11.7. The molecule has 2 nitrogen and oxygen atoms in total. The van der Waals surface area contributed by atoms with Crippen LogP contribution in [0, 0.1) is 0 Å². The second kappa shape index (κ2) is 6.08. The van der Waals surface area contributed by atoms with Gasteiger partial charge >= 0.3 is 12.6 Å². The van der Waals surface area contributed by atoms with E-state index in [-0.39, 0.29) is 12.2 Å². The standard InChI is InChI=1S/C12H10F3O2/c13-12(14,15)11-7-2-1-5-10(11)6-3-4-8-17-9-16/h1-3,5-7H,4,8H2. The maximum absolute atomic E-state index is 12.6. The van der Waals surface area contributed by atoms with Gasteiger partial charge in [-0.1, -0.05) is 30.4 Å². The summed E-state index contributed by atoms with van der Waals surface area (Å²) in [6.07, 6.45) is -1.14. The van der Waals surface area contributed by atoms with Gasteiger partial charge in [0.15, 0.2) is 0 Å². The van der Waals surface area contributed by atoms with Gasteiger partial charge in [0.25, 0.3) is 0 Å². The molecule has 1 rings (SSSR count). The van der Waals surface area contributed by atoms with E-state index in [0.29, 0.717) is 6.42 Å². The summed E-state index contributed by atoms with van der Waals surface area (Å²) in [5, 5.41) is 0. The summed E-state index contributed by atoms with van der Waals surface area (Å²) >= 11 is 0. The van der Waals surface area contributed by atoms with Crippen LogP contribution >= 0.6 is 0 Å². The Kier molecular flexibility index (Phi) is 4.75. The Balaban J connectivity index is 2.74. The van der Waals surface area contributed by atoms with Crippen LogP contribution in [-0.4, -0.2) is 13.1 Å². The molecule has 0 saturated carbocycles. The molecule has 0 spiro atoms. The second-order valence-corrected chi connectivity index (χ2v) is 3.21. The summed E-state index contributed by atoms with van der Waals surface area (Å²) in [4.78, 5) is 9.70. The van der Waals surface area contributed by atoms with Crippen molar-refractivity contribution in [3.63, 3.8) is 0 Å². The molecule has 0 unspecified atom stereocenters. The van der Waals surface area contributed by atoms with E-state index in [9.17, 15) is 18.0 Å². The van der Waals surface area contributed by atoms with Gasteiger partial charge in [-0.25, -0.2) is 4.79 Å². The zero-order valence-electron chi connectivity index (χ0n) is 8.83. The Morgan fingerprint density at radius 1 is 1.29 bits per heavy atom. The van der Waals surface area contributed by atoms with E-state index in [1.807, 2.05) is 0 Å². The topological polar surface area (TPSA) is 26.3 Å². The van der Waals surface area contributed by atoms with Crippen LogP contribution in [-0.2, 0) is 15.7 Å². The van der Waals surface area contributed by atoms with E-state index >= 15 is 0 Å². The molecule has 0 bridgehead atoms. The molecule has 17 heavy (non-hydrogen) atoms. The van der Waals surface area contributed by atoms with E-state index in [4.69, 9.17) is 0 Å². The minimum atomic E-state index is -4.37. The van der Waals surface area contributed by atoms with Crippen molar-refractivity contribution in [1.29, 1.82) is 0 Å². The van der Waals surface area contributed by atoms with Crippen molar-refractivity contribution in [1.82, 2.24) is 0 Å². The maximum atomic E-state index is 12.6. The molecule has 0 heterocycles. The highest BCUT2D eigenvalue weighted by atomic mass is 19.4. The lowest BCUT2D eigenvalue weighted by Crippen LogP contribution is -2.06. The van der Waals surface area contributed by atoms with Gasteiger partial charge in [0, 0.05) is 0 Å². The highest BCUT2D eigenvalue weighted by Crippen LogP contribution is 2.32. The van der Waals surface area contributed by atoms with Crippen molar-refractivity contribution in [2.75, 3.05) is 6.61 Å². The molecule has 0 aliphatic rings. The van der Waals surface area contributed by atoms with Crippen molar-refractivity contribution < 1.29 is 22.7 Å². The zero-order valence-corrected chi connectivity index (χ0v) is 8.83. The quantitative estimate of drug-likeness (QED) is 0.742. The van der Waals surface area contributed by atoms with Crippen LogP contribution in [0.4, 0.5) is 13.2 Å². The van der Waals surface area contributed by atoms with Crippen LogP contribution in [0.25, 0.3) is 6.08 Å². The Hall–Kier alpha value is -1.78. The summed E-state index contributed by atoms with van der Waals surface area (Å²) in [6.45, 7) is 1.34. The van der Waals surface area contributed by atoms with E-state index < -0.39 is 11.7 Å². The Morgan fingerprint density at radius 3 is 2.65 bits per heavy atom. The number of ether oxygens (including phenoxy) is 1. The lowest BCUT2D eigenvalue weighted by Gasteiger charge is -2.09. The average molecular weight is 243 g/mol. The first-order valence-corrected chi connectivity index (χ1v) is 4.87. The largest absolute Gasteiger partial charge is 0.457 e. The second-order valence-electron chi connectivity index (χ2n) is 3.21. The zero-order chi connectivity index (χ0) is 12.7. The molecule has 0 amide bonds. The predicted octanol–water partition coefficient (Wildman–Crippen LogP) is 3.19. The van der Waals surface area contributed by atoms with Crippen molar-refractivity contribution in [2.45, 2.75) is 12.6 Å². The van der Waals surface area contributed by atoms with Gasteiger partial charge in [-0.05, 0) is 18.1 Å². The maximum Gasteiger partial charge on any atom is 0.417 e. The Morgan fingerprint density at radius 2 is 2.00 bits per heavy atom. The van der Waals surface area contributed by atoms with Crippen molar-refractivity contribution >= 4 is 12.5 Å². The minimum Gasteiger partial charge on any atom is -0.457 e. The fraction of sp³-hybridized carbons (Fsp3) is 0.250. The van der Waals surface area contributed by atoms with Gasteiger partial charge in [0.1, 0.15) is 0 Å². The van der Waals surface area contributed by atoms with Gasteiger partial charge in [-0.2, -0.15) is 13.2 Å². The molecular weight excluding hydrogens is 233 g/mol. The number of hydrogen-bond acceptors (Lipinski definition) is 2. The third-order valence-electron chi connectivity index (χ3n) is 2.01. The summed E-state index contributed by atoms with van der Waals surface area (Å²) in [7, 11) is 0. The van der Waals surface area contributed by atoms with E-state index in [0.717, 1.165) is 6.07 Å². The molecule has 0 aliphatic carbocycles. The van der Waals surface area contributed by atoms with Crippen molar-refractivity contribution in [2.24, 2.45) is 0 Å². The number of carbonyl (C=O) groups excluding carboxylic acids is 1. The minimum absolute atomic E-state index is 0.0927. The van der Waals surface area contributed by atoms with Crippen molar-refractivity contribution in [3.05, 3.63) is 41.5 Å². The Labute approximate surface area is 96.7 Å². The smallest absolute Gasteiger partial charge is 0.417 e. The molecule has 0 atom stereocenters. The number of hydrogen-bond donors (Lipinski definition) is 0. The van der Waals surface area contributed by atoms with Crippen LogP contribution in [0.5, 0.6) is 0 Å². The van der Waals surface area contributed by atoms with Gasteiger partial charge in [0.2, 0.25) is 0 Å². The third kappa shape index (κ3) is 4.30. The van der Waals surface area contributed by atoms with Crippen LogP contribution in [0.15, 0.2) is 30.3 Å². The third-order valence-corrected chi connectivity index (χ3v) is 2.01. The predicted molar refractivity (Wildman–Crippen MR) is 56.7 cm³/mol. The summed E-state index contributed by atoms with van der Waals surface area (Å²) in [5.41, 5.74) is -0.589. The molecule has 0 saturated heterocycles. The molecule has 91 valence electrons. The first-order valence-electron chi connectivity index (χ1n) is 4.87. The van der Waals surface area contributed by atoms with Crippen molar-refractivity contribution in [3.8, 4) is 0 Å². The number of rotatable bonds is 5. The highest BCUT2D eigenvalue weighted by molar-refractivity contribution is 5.54. The van der Waals surface area contributed by atoms with Crippen LogP contribution < -0.4 is 0 Å². The van der Waals surface area contributed by atoms with Gasteiger partial charge in [-0.3, -0.25) is 0 Å². The van der Waals surface area contributed by atoms with Crippen LogP contribution in [0.1, 0.15) is 17.5 Å². The van der Waals surface area contributed by atoms with Crippen LogP contribution in [0.3, 0.4) is 0 Å². The summed E-state index contributed by atoms with van der Waals surface area (Å²) < 4.78 is 42.0. The molecule has 1 aromatic rings. The first kappa shape index (κ1) is 13.3. The lowest BCUT2D eigenvalue weighted by atomic mass is 10.1. The van der Waals surface area contributed by atoms with E-state index in [1.54, 1.807) is 0 Å². The number of halogens is 3. The molecule has 0 N–H and O–H groups in total. The first-order chi connectivity index (χ1) is 8.05. The number of benzene rings is 1. The molecule has 1 radical (unpaired) electrons. The molecule has 0 aromatic heterocycles. The number of alkyl halides is 3. The molecule has 0 fully saturated rings. The average Bonchev–Trinajstić information content (AvgIpc) is 2.28. The molecular formula is C12H10F3O2. The highest BCUT2D eigenvalue weighted by Gasteiger charge is 2.32. The molecule has 5 heteroatoms. The van der Waals surface area contributed by atoms with Crippen LogP contribution in [0.2, 0.25) is 0 Å². The monoisotopic (exact) mass is 243 g/mol. The summed E-state index contributed by atoms with van der Waals surface area (Å²) in [5.74, 6) is 0. The van der Waals surface area contributed by atoms with E-state index in [1.165, 1.54) is 36.8 Å². The molecule has 0 aliphatic heterocycles. The molecule has 1 aromatic carbocycles. The fourth-order valence-corrected chi connectivity index (χ4v) is 1.28. The Bertz CT molecular complexity index is 397. The van der Waals surface area contributed by atoms with E-state index in [2.05, 4.69) is 4.74 Å². The van der Waals surface area contributed by atoms with Gasteiger partial charge in [0.05, 0.1) is 12.2 Å². The summed E-state index contributed by atoms with van der Waals surface area (Å²) in [6, 6.07) is 5.27. The van der Waals surface area contributed by atoms with Gasteiger partial charge < -0.3 is 4.74 Å².